The molecule has 4 fully saturated rings. The van der Waals surface area contributed by atoms with E-state index in [0.717, 1.165) is 49.3 Å². The van der Waals surface area contributed by atoms with E-state index >= 15 is 0 Å². The van der Waals surface area contributed by atoms with Crippen LogP contribution in [0.25, 0.3) is 0 Å². The summed E-state index contributed by atoms with van der Waals surface area (Å²) in [6.45, 7) is 9.86. The summed E-state index contributed by atoms with van der Waals surface area (Å²) in [5.41, 5.74) is 2.94. The van der Waals surface area contributed by atoms with Crippen LogP contribution in [0, 0.1) is 23.7 Å². The molecule has 0 aromatic carbocycles. The van der Waals surface area contributed by atoms with Crippen molar-refractivity contribution in [3.05, 3.63) is 23.3 Å². The highest BCUT2D eigenvalue weighted by Gasteiger charge is 2.47. The van der Waals surface area contributed by atoms with Crippen molar-refractivity contribution in [3.63, 3.8) is 0 Å². The van der Waals surface area contributed by atoms with E-state index in [0.29, 0.717) is 0 Å². The minimum absolute atomic E-state index is 0.834. The molecule has 4 rings (SSSR count). The van der Waals surface area contributed by atoms with Gasteiger partial charge in [-0.1, -0.05) is 23.3 Å². The van der Waals surface area contributed by atoms with Gasteiger partial charge in [-0.05, 0) is 89.4 Å². The van der Waals surface area contributed by atoms with Crippen LogP contribution in [0.2, 0.25) is 0 Å². The standard InChI is InChI=1S/C22H38N2/c1-16(2)5-4-6-17(3)7-8-23-9-10-24-22-20-12-18-11-19(14-20)15-21(22)13-18/h5,7,18-24H,4,6,8-15H2,1-3H3/b17-7+/t18-,19-,20-,21+,22-. The molecule has 4 aliphatic rings. The molecule has 24 heavy (non-hydrogen) atoms. The number of hydrogen-bond acceptors (Lipinski definition) is 2. The van der Waals surface area contributed by atoms with E-state index in [9.17, 15) is 0 Å². The van der Waals surface area contributed by atoms with E-state index in [2.05, 4.69) is 43.6 Å². The average Bonchev–Trinajstić information content (AvgIpc) is 2.51. The van der Waals surface area contributed by atoms with E-state index in [4.69, 9.17) is 0 Å². The molecule has 4 saturated carbocycles. The van der Waals surface area contributed by atoms with Gasteiger partial charge in [0.1, 0.15) is 0 Å². The van der Waals surface area contributed by atoms with Crippen LogP contribution in [0.3, 0.4) is 0 Å². The summed E-state index contributed by atoms with van der Waals surface area (Å²) in [4.78, 5) is 0. The molecule has 0 saturated heterocycles. The summed E-state index contributed by atoms with van der Waals surface area (Å²) >= 11 is 0. The summed E-state index contributed by atoms with van der Waals surface area (Å²) in [5, 5.41) is 7.49. The van der Waals surface area contributed by atoms with Crippen molar-refractivity contribution in [2.75, 3.05) is 19.6 Å². The van der Waals surface area contributed by atoms with Gasteiger partial charge in [0, 0.05) is 25.7 Å². The highest BCUT2D eigenvalue weighted by atomic mass is 15.0. The van der Waals surface area contributed by atoms with Crippen LogP contribution >= 0.6 is 0 Å². The van der Waals surface area contributed by atoms with E-state index in [-0.39, 0.29) is 0 Å². The first-order valence-corrected chi connectivity index (χ1v) is 10.3. The highest BCUT2D eigenvalue weighted by molar-refractivity contribution is 5.03. The highest BCUT2D eigenvalue weighted by Crippen LogP contribution is 2.53. The summed E-state index contributed by atoms with van der Waals surface area (Å²) in [7, 11) is 0. The Bertz CT molecular complexity index is 431. The van der Waals surface area contributed by atoms with E-state index in [1.54, 1.807) is 6.42 Å². The van der Waals surface area contributed by atoms with Gasteiger partial charge in [-0.15, -0.1) is 0 Å². The van der Waals surface area contributed by atoms with Crippen LogP contribution in [-0.2, 0) is 0 Å². The normalized spacial score (nSPS) is 34.6. The molecule has 0 aliphatic heterocycles. The lowest BCUT2D eigenvalue weighted by Crippen LogP contribution is -2.55. The summed E-state index contributed by atoms with van der Waals surface area (Å²) in [5.74, 6) is 4.17. The van der Waals surface area contributed by atoms with Gasteiger partial charge in [0.25, 0.3) is 0 Å². The molecule has 0 spiro atoms. The Morgan fingerprint density at radius 1 is 0.875 bits per heavy atom. The van der Waals surface area contributed by atoms with Crippen molar-refractivity contribution in [1.82, 2.24) is 10.6 Å². The molecule has 4 bridgehead atoms. The zero-order valence-electron chi connectivity index (χ0n) is 16.1. The topological polar surface area (TPSA) is 24.1 Å². The van der Waals surface area contributed by atoms with E-state index in [1.807, 2.05) is 0 Å². The predicted octanol–water partition coefficient (Wildman–Crippen LogP) is 4.68. The van der Waals surface area contributed by atoms with Crippen molar-refractivity contribution in [1.29, 1.82) is 0 Å². The van der Waals surface area contributed by atoms with E-state index < -0.39 is 0 Å². The van der Waals surface area contributed by atoms with Gasteiger partial charge in [0.2, 0.25) is 0 Å². The van der Waals surface area contributed by atoms with Gasteiger partial charge < -0.3 is 10.6 Å². The third-order valence-corrected chi connectivity index (χ3v) is 6.59. The lowest BCUT2D eigenvalue weighted by molar-refractivity contribution is -0.0133. The molecule has 0 atom stereocenters. The van der Waals surface area contributed by atoms with Crippen LogP contribution in [0.4, 0.5) is 0 Å². The van der Waals surface area contributed by atoms with Crippen molar-refractivity contribution in [3.8, 4) is 0 Å². The van der Waals surface area contributed by atoms with Gasteiger partial charge in [-0.2, -0.15) is 0 Å². The van der Waals surface area contributed by atoms with Crippen molar-refractivity contribution in [2.45, 2.75) is 71.8 Å². The Morgan fingerprint density at radius 3 is 2.17 bits per heavy atom. The zero-order valence-corrected chi connectivity index (χ0v) is 16.1. The molecule has 0 amide bonds. The van der Waals surface area contributed by atoms with E-state index in [1.165, 1.54) is 49.7 Å². The fraction of sp³-hybridized carbons (Fsp3) is 0.818. The van der Waals surface area contributed by atoms with Gasteiger partial charge in [-0.25, -0.2) is 0 Å². The summed E-state index contributed by atoms with van der Waals surface area (Å²) < 4.78 is 0. The van der Waals surface area contributed by atoms with Gasteiger partial charge >= 0.3 is 0 Å². The lowest BCUT2D eigenvalue weighted by atomic mass is 9.54. The fourth-order valence-corrected chi connectivity index (χ4v) is 5.62. The second-order valence-corrected chi connectivity index (χ2v) is 8.99. The fourth-order valence-electron chi connectivity index (χ4n) is 5.62. The molecule has 0 aromatic heterocycles. The lowest BCUT2D eigenvalue weighted by Gasteiger charge is -2.54. The molecule has 136 valence electrons. The first-order valence-electron chi connectivity index (χ1n) is 10.3. The minimum atomic E-state index is 0.834. The molecular weight excluding hydrogens is 292 g/mol. The van der Waals surface area contributed by atoms with Crippen molar-refractivity contribution in [2.24, 2.45) is 23.7 Å². The third-order valence-electron chi connectivity index (χ3n) is 6.59. The number of nitrogens with one attached hydrogen (secondary N) is 2. The smallest absolute Gasteiger partial charge is 0.0137 e. The Morgan fingerprint density at radius 2 is 1.54 bits per heavy atom. The SMILES string of the molecule is CC(C)=CCC/C(C)=C/CNCCN[C@H]1[C@H]2C[C@@H]3C[C@@H](C2)C[C@H]1C3. The third kappa shape index (κ3) is 4.95. The largest absolute Gasteiger partial charge is 0.312 e. The maximum absolute atomic E-state index is 3.91. The Balaban J connectivity index is 1.27. The predicted molar refractivity (Wildman–Crippen MR) is 104 cm³/mol. The Labute approximate surface area is 149 Å². The molecule has 0 heterocycles. The van der Waals surface area contributed by atoms with Crippen molar-refractivity contribution >= 4 is 0 Å². The van der Waals surface area contributed by atoms with Gasteiger partial charge in [0.15, 0.2) is 0 Å². The zero-order chi connectivity index (χ0) is 16.9. The summed E-state index contributed by atoms with van der Waals surface area (Å²) in [6, 6.07) is 0.834. The molecule has 0 unspecified atom stereocenters. The Hall–Kier alpha value is -0.600. The molecule has 2 nitrogen and oxygen atoms in total. The number of allylic oxidation sites excluding steroid dienone is 3. The molecule has 2 N–H and O–H groups in total. The average molecular weight is 331 g/mol. The summed E-state index contributed by atoms with van der Waals surface area (Å²) in [6.07, 6.45) is 14.7. The van der Waals surface area contributed by atoms with Crippen LogP contribution < -0.4 is 10.6 Å². The Kier molecular flexibility index (Phi) is 6.57. The number of hydrogen-bond donors (Lipinski definition) is 2. The van der Waals surface area contributed by atoms with Crippen LogP contribution in [-0.4, -0.2) is 25.7 Å². The van der Waals surface area contributed by atoms with Crippen LogP contribution in [0.1, 0.15) is 65.7 Å². The van der Waals surface area contributed by atoms with Crippen LogP contribution in [0.5, 0.6) is 0 Å². The maximum atomic E-state index is 3.91. The second kappa shape index (κ2) is 8.67. The molecule has 0 aromatic rings. The maximum Gasteiger partial charge on any atom is 0.0137 e. The molecular formula is C22H38N2. The monoisotopic (exact) mass is 330 g/mol. The first kappa shape index (κ1) is 18.2. The van der Waals surface area contributed by atoms with Gasteiger partial charge in [-0.3, -0.25) is 0 Å². The minimum Gasteiger partial charge on any atom is -0.312 e. The first-order chi connectivity index (χ1) is 11.6. The van der Waals surface area contributed by atoms with Gasteiger partial charge in [0.05, 0.1) is 0 Å². The quantitative estimate of drug-likeness (QED) is 0.474. The molecule has 0 radical (unpaired) electrons. The van der Waals surface area contributed by atoms with Crippen molar-refractivity contribution < 1.29 is 0 Å². The number of rotatable bonds is 9. The molecule has 2 heteroatoms. The molecule has 4 aliphatic carbocycles. The van der Waals surface area contributed by atoms with Crippen LogP contribution in [0.15, 0.2) is 23.3 Å². The second-order valence-electron chi connectivity index (χ2n) is 8.99.